The predicted molar refractivity (Wildman–Crippen MR) is 138 cm³/mol. The van der Waals surface area contributed by atoms with Crippen molar-refractivity contribution >= 4 is 16.8 Å². The highest BCUT2D eigenvalue weighted by atomic mass is 16.1. The number of carbonyl (C=O) groups excluding carboxylic acids is 1. The molecule has 5 nitrogen and oxygen atoms in total. The van der Waals surface area contributed by atoms with Gasteiger partial charge in [-0.3, -0.25) is 14.7 Å². The number of hydrogen-bond acceptors (Lipinski definition) is 3. The maximum atomic E-state index is 12.5. The lowest BCUT2D eigenvalue weighted by atomic mass is 10.0. The molecule has 34 heavy (non-hydrogen) atoms. The smallest absolute Gasteiger partial charge is 0.251 e. The van der Waals surface area contributed by atoms with Crippen molar-refractivity contribution in [3.8, 4) is 11.1 Å². The number of aryl methyl sites for hydroxylation is 1. The normalized spacial score (nSPS) is 13.7. The number of unbranched alkanes of at least 4 members (excludes halogenated alkanes) is 1. The fourth-order valence-electron chi connectivity index (χ4n) is 5.11. The van der Waals surface area contributed by atoms with Crippen molar-refractivity contribution in [2.45, 2.75) is 39.3 Å². The second kappa shape index (κ2) is 10.2. The summed E-state index contributed by atoms with van der Waals surface area (Å²) >= 11 is 0. The lowest BCUT2D eigenvalue weighted by Crippen LogP contribution is -2.33. The number of carbonyl (C=O) groups is 1. The molecule has 0 spiro atoms. The van der Waals surface area contributed by atoms with Gasteiger partial charge in [-0.25, -0.2) is 0 Å². The average Bonchev–Trinajstić information content (AvgIpc) is 3.22. The second-order valence-electron chi connectivity index (χ2n) is 8.99. The van der Waals surface area contributed by atoms with Gasteiger partial charge < -0.3 is 9.88 Å². The molecule has 174 valence electrons. The van der Waals surface area contributed by atoms with Gasteiger partial charge in [0.25, 0.3) is 5.91 Å². The molecule has 0 saturated carbocycles. The Kier molecular flexibility index (Phi) is 6.72. The highest BCUT2D eigenvalue weighted by Gasteiger charge is 2.22. The number of nitrogens with zero attached hydrogens (tertiary/aromatic N) is 3. The van der Waals surface area contributed by atoms with Crippen molar-refractivity contribution < 1.29 is 4.79 Å². The molecule has 0 atom stereocenters. The molecule has 1 aliphatic heterocycles. The Morgan fingerprint density at radius 2 is 1.85 bits per heavy atom. The van der Waals surface area contributed by atoms with Gasteiger partial charge in [0.15, 0.2) is 0 Å². The maximum Gasteiger partial charge on any atom is 0.251 e. The first kappa shape index (κ1) is 22.4. The Bertz CT molecular complexity index is 1230. The van der Waals surface area contributed by atoms with E-state index in [-0.39, 0.29) is 5.91 Å². The van der Waals surface area contributed by atoms with Crippen molar-refractivity contribution in [2.75, 3.05) is 19.6 Å². The highest BCUT2D eigenvalue weighted by Crippen LogP contribution is 2.30. The Morgan fingerprint density at radius 1 is 1.00 bits per heavy atom. The zero-order valence-corrected chi connectivity index (χ0v) is 19.8. The minimum Gasteiger partial charge on any atom is -0.352 e. The Morgan fingerprint density at radius 3 is 2.65 bits per heavy atom. The molecule has 0 unspecified atom stereocenters. The van der Waals surface area contributed by atoms with E-state index < -0.39 is 0 Å². The molecule has 2 aromatic heterocycles. The lowest BCUT2D eigenvalue weighted by molar-refractivity contribution is 0.0952. The van der Waals surface area contributed by atoms with Crippen LogP contribution in [0, 0.1) is 0 Å². The van der Waals surface area contributed by atoms with Crippen LogP contribution in [-0.4, -0.2) is 40.0 Å². The summed E-state index contributed by atoms with van der Waals surface area (Å²) in [6.07, 6.45) is 6.79. The van der Waals surface area contributed by atoms with Crippen LogP contribution >= 0.6 is 0 Å². The van der Waals surface area contributed by atoms with Crippen LogP contribution in [0.1, 0.15) is 41.4 Å². The minimum atomic E-state index is -0.00665. The third-order valence-corrected chi connectivity index (χ3v) is 6.89. The summed E-state index contributed by atoms with van der Waals surface area (Å²) in [5, 5.41) is 4.50. The van der Waals surface area contributed by atoms with Gasteiger partial charge in [0.2, 0.25) is 0 Å². The van der Waals surface area contributed by atoms with Gasteiger partial charge >= 0.3 is 0 Å². The molecule has 0 bridgehead atoms. The molecular formula is C29H32N4O. The van der Waals surface area contributed by atoms with Gasteiger partial charge in [0.05, 0.1) is 0 Å². The molecule has 2 aromatic carbocycles. The van der Waals surface area contributed by atoms with E-state index in [4.69, 9.17) is 0 Å². The molecule has 1 aliphatic rings. The van der Waals surface area contributed by atoms with Gasteiger partial charge in [-0.2, -0.15) is 0 Å². The topological polar surface area (TPSA) is 50.2 Å². The first-order valence-corrected chi connectivity index (χ1v) is 12.3. The predicted octanol–water partition coefficient (Wildman–Crippen LogP) is 5.29. The number of benzene rings is 2. The number of rotatable bonds is 8. The minimum absolute atomic E-state index is 0.00665. The SMILES string of the molecule is CCn1c2c(c3ccccc31)CCN(CCCCNC(=O)c1ccc(-c3cccnc3)cc1)C2. The summed E-state index contributed by atoms with van der Waals surface area (Å²) in [6, 6.07) is 20.5. The number of aromatic nitrogens is 2. The van der Waals surface area contributed by atoms with E-state index in [0.29, 0.717) is 12.1 Å². The van der Waals surface area contributed by atoms with E-state index in [9.17, 15) is 4.79 Å². The van der Waals surface area contributed by atoms with Crippen LogP contribution in [0.2, 0.25) is 0 Å². The van der Waals surface area contributed by atoms with Crippen molar-refractivity contribution in [2.24, 2.45) is 0 Å². The Hall–Kier alpha value is -3.44. The standard InChI is InChI=1S/C29H32N4O/c1-2-33-27-10-4-3-9-25(27)26-15-19-32(21-28(26)33)18-6-5-17-31-29(34)23-13-11-22(12-14-23)24-8-7-16-30-20-24/h3-4,7-14,16,20H,2,5-6,15,17-19,21H2,1H3,(H,31,34). The van der Waals surface area contributed by atoms with Crippen molar-refractivity contribution in [1.82, 2.24) is 19.8 Å². The molecule has 1 amide bonds. The number of pyridine rings is 1. The van der Waals surface area contributed by atoms with E-state index in [1.807, 2.05) is 42.6 Å². The zero-order chi connectivity index (χ0) is 23.3. The molecule has 0 aliphatic carbocycles. The third-order valence-electron chi connectivity index (χ3n) is 6.89. The van der Waals surface area contributed by atoms with Crippen LogP contribution in [0.25, 0.3) is 22.0 Å². The van der Waals surface area contributed by atoms with Crippen LogP contribution < -0.4 is 5.32 Å². The van der Waals surface area contributed by atoms with E-state index in [1.165, 1.54) is 22.2 Å². The van der Waals surface area contributed by atoms with Gasteiger partial charge in [-0.05, 0) is 73.7 Å². The van der Waals surface area contributed by atoms with Gasteiger partial charge in [-0.15, -0.1) is 0 Å². The third kappa shape index (κ3) is 4.62. The maximum absolute atomic E-state index is 12.5. The van der Waals surface area contributed by atoms with E-state index in [0.717, 1.165) is 56.6 Å². The molecule has 0 saturated heterocycles. The Labute approximate surface area is 201 Å². The first-order chi connectivity index (χ1) is 16.7. The van der Waals surface area contributed by atoms with Crippen molar-refractivity contribution in [1.29, 1.82) is 0 Å². The monoisotopic (exact) mass is 452 g/mol. The van der Waals surface area contributed by atoms with Gasteiger partial charge in [-0.1, -0.05) is 36.4 Å². The highest BCUT2D eigenvalue weighted by molar-refractivity contribution is 5.94. The number of nitrogens with one attached hydrogen (secondary N) is 1. The van der Waals surface area contributed by atoms with Crippen molar-refractivity contribution in [3.05, 3.63) is 89.9 Å². The molecule has 5 rings (SSSR count). The number of hydrogen-bond donors (Lipinski definition) is 1. The summed E-state index contributed by atoms with van der Waals surface area (Å²) in [6.45, 7) is 7.16. The fourth-order valence-corrected chi connectivity index (χ4v) is 5.11. The van der Waals surface area contributed by atoms with Crippen LogP contribution in [0.3, 0.4) is 0 Å². The fraction of sp³-hybridized carbons (Fsp3) is 0.310. The van der Waals surface area contributed by atoms with Gasteiger partial charge in [0.1, 0.15) is 0 Å². The number of amides is 1. The molecule has 0 radical (unpaired) electrons. The van der Waals surface area contributed by atoms with E-state index in [2.05, 4.69) is 51.0 Å². The van der Waals surface area contributed by atoms with Crippen LogP contribution in [0.5, 0.6) is 0 Å². The quantitative estimate of drug-likeness (QED) is 0.370. The molecule has 1 N–H and O–H groups in total. The Balaban J connectivity index is 1.09. The zero-order valence-electron chi connectivity index (χ0n) is 19.8. The molecular weight excluding hydrogens is 420 g/mol. The first-order valence-electron chi connectivity index (χ1n) is 12.3. The number of fused-ring (bicyclic) bond motifs is 3. The summed E-state index contributed by atoms with van der Waals surface area (Å²) < 4.78 is 2.48. The summed E-state index contributed by atoms with van der Waals surface area (Å²) in [5.41, 5.74) is 7.21. The van der Waals surface area contributed by atoms with Crippen LogP contribution in [0.4, 0.5) is 0 Å². The lowest BCUT2D eigenvalue weighted by Gasteiger charge is -2.28. The van der Waals surface area contributed by atoms with Crippen LogP contribution in [-0.2, 0) is 19.5 Å². The number of para-hydroxylation sites is 1. The van der Waals surface area contributed by atoms with Gasteiger partial charge in [0, 0.05) is 60.7 Å². The summed E-state index contributed by atoms with van der Waals surface area (Å²) in [7, 11) is 0. The van der Waals surface area contributed by atoms with E-state index >= 15 is 0 Å². The average molecular weight is 453 g/mol. The molecule has 5 heteroatoms. The van der Waals surface area contributed by atoms with Crippen LogP contribution in [0.15, 0.2) is 73.1 Å². The summed E-state index contributed by atoms with van der Waals surface area (Å²) in [5.74, 6) is -0.00665. The molecule has 4 aromatic rings. The largest absolute Gasteiger partial charge is 0.352 e. The molecule has 0 fully saturated rings. The van der Waals surface area contributed by atoms with Crippen molar-refractivity contribution in [3.63, 3.8) is 0 Å². The summed E-state index contributed by atoms with van der Waals surface area (Å²) in [4.78, 5) is 19.2. The molecule has 3 heterocycles. The van der Waals surface area contributed by atoms with E-state index in [1.54, 1.807) is 6.20 Å². The second-order valence-corrected chi connectivity index (χ2v) is 8.99.